The molecule has 2 heterocycles. The second-order valence-electron chi connectivity index (χ2n) is 7.14. The number of carbonyl (C=O) groups excluding carboxylic acids is 1. The molecule has 0 aliphatic heterocycles. The fraction of sp³-hybridized carbons (Fsp3) is 0.217. The summed E-state index contributed by atoms with van der Waals surface area (Å²) in [6.45, 7) is 5.54. The monoisotopic (exact) mass is 502 g/mol. The first kappa shape index (κ1) is 24.7. The maximum absolute atomic E-state index is 13.1. The van der Waals surface area contributed by atoms with Gasteiger partial charge in [-0.05, 0) is 56.7 Å². The lowest BCUT2D eigenvalue weighted by Crippen LogP contribution is -2.28. The third kappa shape index (κ3) is 6.31. The predicted molar refractivity (Wildman–Crippen MR) is 136 cm³/mol. The van der Waals surface area contributed by atoms with E-state index in [1.165, 1.54) is 34.0 Å². The zero-order chi connectivity index (χ0) is 24.0. The van der Waals surface area contributed by atoms with Crippen molar-refractivity contribution in [3.05, 3.63) is 76.4 Å². The fourth-order valence-corrected chi connectivity index (χ4v) is 6.16. The number of allylic oxidation sites excluding steroid dienone is 4. The van der Waals surface area contributed by atoms with Gasteiger partial charge in [0.2, 0.25) is 0 Å². The number of aryl methyl sites for hydroxylation is 1. The zero-order valence-electron chi connectivity index (χ0n) is 18.8. The Labute approximate surface area is 202 Å². The van der Waals surface area contributed by atoms with E-state index < -0.39 is 10.0 Å². The molecule has 0 radical (unpaired) electrons. The third-order valence-electron chi connectivity index (χ3n) is 4.78. The van der Waals surface area contributed by atoms with Crippen LogP contribution in [0, 0.1) is 6.92 Å². The fourth-order valence-electron chi connectivity index (χ4n) is 2.80. The topological polar surface area (TPSA) is 91.4 Å². The minimum atomic E-state index is -3.71. The summed E-state index contributed by atoms with van der Waals surface area (Å²) in [4.78, 5) is 17.5. The van der Waals surface area contributed by atoms with Crippen LogP contribution in [-0.4, -0.2) is 30.8 Å². The van der Waals surface area contributed by atoms with Crippen molar-refractivity contribution in [1.82, 2.24) is 14.6 Å². The largest absolute Gasteiger partial charge is 0.323 e. The number of nitrogens with zero attached hydrogens (tertiary/aromatic N) is 2. The number of amides is 2. The van der Waals surface area contributed by atoms with Crippen LogP contribution >= 0.6 is 22.7 Å². The molecule has 0 fully saturated rings. The average molecular weight is 503 g/mol. The highest BCUT2D eigenvalue weighted by Gasteiger charge is 2.23. The Balaban J connectivity index is 1.70. The van der Waals surface area contributed by atoms with E-state index in [9.17, 15) is 13.2 Å². The van der Waals surface area contributed by atoms with Crippen LogP contribution in [0.15, 0.2) is 75.6 Å². The molecule has 174 valence electrons. The van der Waals surface area contributed by atoms with E-state index in [4.69, 9.17) is 0 Å². The summed E-state index contributed by atoms with van der Waals surface area (Å²) >= 11 is 2.73. The summed E-state index contributed by atoms with van der Waals surface area (Å²) < 4.78 is 27.7. The molecular weight excluding hydrogens is 476 g/mol. The lowest BCUT2D eigenvalue weighted by Gasteiger charge is -2.18. The summed E-state index contributed by atoms with van der Waals surface area (Å²) in [5.74, 6) is 0. The van der Waals surface area contributed by atoms with Crippen LogP contribution in [0.1, 0.15) is 25.3 Å². The number of aromatic nitrogens is 1. The minimum absolute atomic E-state index is 0.249. The molecule has 3 aromatic rings. The normalized spacial score (nSPS) is 12.5. The van der Waals surface area contributed by atoms with Crippen molar-refractivity contribution in [3.8, 4) is 10.6 Å². The Hall–Kier alpha value is -2.95. The van der Waals surface area contributed by atoms with E-state index in [0.717, 1.165) is 15.6 Å². The van der Waals surface area contributed by atoms with Gasteiger partial charge in [0.15, 0.2) is 0 Å². The Bertz CT molecular complexity index is 1280. The molecule has 0 unspecified atom stereocenters. The number of para-hydroxylation sites is 1. The van der Waals surface area contributed by atoms with E-state index in [1.54, 1.807) is 43.3 Å². The van der Waals surface area contributed by atoms with Crippen molar-refractivity contribution < 1.29 is 13.2 Å². The smallest absolute Gasteiger partial charge is 0.312 e. The predicted octanol–water partition coefficient (Wildman–Crippen LogP) is 5.82. The van der Waals surface area contributed by atoms with Crippen LogP contribution in [0.5, 0.6) is 0 Å². The molecule has 0 saturated heterocycles. The number of anilines is 1. The van der Waals surface area contributed by atoms with Gasteiger partial charge in [0.05, 0.1) is 15.6 Å². The molecule has 1 aromatic carbocycles. The van der Waals surface area contributed by atoms with Crippen LogP contribution in [0.3, 0.4) is 0 Å². The van der Waals surface area contributed by atoms with Crippen LogP contribution in [0.25, 0.3) is 10.6 Å². The first-order valence-electron chi connectivity index (χ1n) is 10.2. The van der Waals surface area contributed by atoms with Crippen LogP contribution in [0.2, 0.25) is 0 Å². The lowest BCUT2D eigenvalue weighted by molar-refractivity contribution is 0.254. The van der Waals surface area contributed by atoms with Gasteiger partial charge in [-0.2, -0.15) is 0 Å². The van der Waals surface area contributed by atoms with Crippen molar-refractivity contribution >= 4 is 44.4 Å². The Morgan fingerprint density at radius 2 is 1.88 bits per heavy atom. The highest BCUT2D eigenvalue weighted by Crippen LogP contribution is 2.33. The van der Waals surface area contributed by atoms with E-state index in [-0.39, 0.29) is 10.2 Å². The molecule has 2 N–H and O–H groups in total. The second kappa shape index (κ2) is 10.8. The molecule has 2 aromatic heterocycles. The minimum Gasteiger partial charge on any atom is -0.312 e. The number of hydrogen-bond acceptors (Lipinski definition) is 6. The number of nitrogens with one attached hydrogen (secondary N) is 2. The molecule has 33 heavy (non-hydrogen) atoms. The van der Waals surface area contributed by atoms with Crippen molar-refractivity contribution in [2.24, 2.45) is 0 Å². The number of rotatable bonds is 8. The van der Waals surface area contributed by atoms with Crippen LogP contribution in [0.4, 0.5) is 10.5 Å². The highest BCUT2D eigenvalue weighted by molar-refractivity contribution is 7.91. The van der Waals surface area contributed by atoms with E-state index in [2.05, 4.69) is 15.6 Å². The van der Waals surface area contributed by atoms with Crippen molar-refractivity contribution in [3.63, 3.8) is 0 Å². The van der Waals surface area contributed by atoms with E-state index in [1.807, 2.05) is 37.4 Å². The van der Waals surface area contributed by atoms with Crippen LogP contribution in [-0.2, 0) is 10.0 Å². The Morgan fingerprint density at radius 1 is 1.15 bits per heavy atom. The Kier molecular flexibility index (Phi) is 8.06. The van der Waals surface area contributed by atoms with Gasteiger partial charge in [-0.15, -0.1) is 22.7 Å². The molecule has 0 atom stereocenters. The molecule has 2 amide bonds. The van der Waals surface area contributed by atoms with Gasteiger partial charge in [-0.25, -0.2) is 18.2 Å². The molecule has 0 saturated carbocycles. The van der Waals surface area contributed by atoms with E-state index in [0.29, 0.717) is 23.5 Å². The van der Waals surface area contributed by atoms with Crippen molar-refractivity contribution in [2.45, 2.75) is 31.4 Å². The number of thiophene rings is 1. The van der Waals surface area contributed by atoms with Gasteiger partial charge in [0.25, 0.3) is 10.0 Å². The summed E-state index contributed by atoms with van der Waals surface area (Å²) in [5.41, 5.74) is 2.65. The van der Waals surface area contributed by atoms with Gasteiger partial charge in [0.1, 0.15) is 4.21 Å². The zero-order valence-corrected chi connectivity index (χ0v) is 21.3. The summed E-state index contributed by atoms with van der Waals surface area (Å²) in [5, 5.41) is 8.41. The highest BCUT2D eigenvalue weighted by atomic mass is 32.2. The van der Waals surface area contributed by atoms with Gasteiger partial charge >= 0.3 is 6.03 Å². The standard InChI is InChI=1S/C23H26N4O3S3/c1-5-18(25-23(28)26-19-9-7-6-8-10-19)12-11-16(2)27(4)33(29,30)22-14-13-21(32-22)20-15-31-17(3)24-20/h6-15H,5H2,1-4H3,(H2,25,26,28). The SMILES string of the molecule is CCC(=CC=C(C)N(C)S(=O)(=O)c1ccc(-c2csc(C)n2)s1)NC(=O)Nc1ccccc1. The summed E-state index contributed by atoms with van der Waals surface area (Å²) in [6, 6.07) is 12.2. The molecule has 0 bridgehead atoms. The molecule has 0 aliphatic carbocycles. The molecular formula is C23H26N4O3S3. The maximum Gasteiger partial charge on any atom is 0.323 e. The number of urea groups is 1. The maximum atomic E-state index is 13.1. The van der Waals surface area contributed by atoms with Crippen molar-refractivity contribution in [2.75, 3.05) is 12.4 Å². The summed E-state index contributed by atoms with van der Waals surface area (Å²) in [6.07, 6.45) is 3.96. The lowest BCUT2D eigenvalue weighted by atomic mass is 10.3. The second-order valence-corrected chi connectivity index (χ2v) is 11.5. The average Bonchev–Trinajstić information content (AvgIpc) is 3.46. The van der Waals surface area contributed by atoms with Gasteiger partial charge in [-0.1, -0.05) is 25.1 Å². The number of benzene rings is 1. The van der Waals surface area contributed by atoms with Gasteiger partial charge in [0, 0.05) is 29.5 Å². The van der Waals surface area contributed by atoms with Crippen molar-refractivity contribution in [1.29, 1.82) is 0 Å². The molecule has 0 aliphatic rings. The first-order chi connectivity index (χ1) is 15.7. The first-order valence-corrected chi connectivity index (χ1v) is 13.4. The molecule has 7 nitrogen and oxygen atoms in total. The van der Waals surface area contributed by atoms with E-state index >= 15 is 0 Å². The molecule has 3 rings (SSSR count). The summed E-state index contributed by atoms with van der Waals surface area (Å²) in [7, 11) is -2.19. The number of hydrogen-bond donors (Lipinski definition) is 2. The quantitative estimate of drug-likeness (QED) is 0.380. The number of sulfonamides is 1. The number of thiazole rings is 1. The van der Waals surface area contributed by atoms with Crippen LogP contribution < -0.4 is 10.6 Å². The Morgan fingerprint density at radius 3 is 2.52 bits per heavy atom. The van der Waals surface area contributed by atoms with Gasteiger partial charge in [-0.3, -0.25) is 4.31 Å². The molecule has 0 spiro atoms. The molecule has 10 heteroatoms. The third-order valence-corrected chi connectivity index (χ3v) is 8.99. The van der Waals surface area contributed by atoms with Gasteiger partial charge < -0.3 is 10.6 Å². The number of carbonyl (C=O) groups is 1.